The number of carbonyl (C=O) groups is 2. The van der Waals surface area contributed by atoms with Crippen molar-refractivity contribution in [1.82, 2.24) is 10.3 Å². The summed E-state index contributed by atoms with van der Waals surface area (Å²) < 4.78 is 13.8. The number of hydrogen-bond acceptors (Lipinski definition) is 2. The van der Waals surface area contributed by atoms with Crippen molar-refractivity contribution in [3.8, 4) is 11.3 Å². The van der Waals surface area contributed by atoms with E-state index in [4.69, 9.17) is 5.11 Å². The van der Waals surface area contributed by atoms with Crippen molar-refractivity contribution in [2.45, 2.75) is 38.5 Å². The Bertz CT molecular complexity index is 982. The van der Waals surface area contributed by atoms with Gasteiger partial charge in [-0.15, -0.1) is 0 Å². The number of fused-ring (bicyclic) bond motifs is 1. The molecular formula is C23H25FN2O3. The van der Waals surface area contributed by atoms with E-state index in [-0.39, 0.29) is 18.1 Å². The molecule has 29 heavy (non-hydrogen) atoms. The minimum Gasteiger partial charge on any atom is -0.481 e. The molecule has 0 aliphatic rings. The summed E-state index contributed by atoms with van der Waals surface area (Å²) in [5, 5.41) is 12.3. The molecule has 3 rings (SSSR count). The fraction of sp³-hybridized carbons (Fsp3) is 0.304. The SMILES string of the molecule is O=C(O)CCCCCNC(=O)CCc1c(-c2ccccc2)[nH]c2ccc(F)cc12. The van der Waals surface area contributed by atoms with E-state index >= 15 is 0 Å². The van der Waals surface area contributed by atoms with Gasteiger partial charge in [0.05, 0.1) is 0 Å². The van der Waals surface area contributed by atoms with Gasteiger partial charge in [0.25, 0.3) is 0 Å². The van der Waals surface area contributed by atoms with Gasteiger partial charge >= 0.3 is 5.97 Å². The molecule has 3 aromatic rings. The molecule has 5 nitrogen and oxygen atoms in total. The van der Waals surface area contributed by atoms with Crippen LogP contribution in [0.2, 0.25) is 0 Å². The molecule has 1 amide bonds. The molecule has 0 bridgehead atoms. The monoisotopic (exact) mass is 396 g/mol. The van der Waals surface area contributed by atoms with Gasteiger partial charge in [-0.3, -0.25) is 9.59 Å². The van der Waals surface area contributed by atoms with Gasteiger partial charge in [-0.2, -0.15) is 0 Å². The Morgan fingerprint density at radius 2 is 1.79 bits per heavy atom. The Kier molecular flexibility index (Phi) is 7.00. The Labute approximate surface area is 168 Å². The molecule has 0 fully saturated rings. The summed E-state index contributed by atoms with van der Waals surface area (Å²) in [7, 11) is 0. The molecule has 0 unspecified atom stereocenters. The van der Waals surface area contributed by atoms with Crippen LogP contribution >= 0.6 is 0 Å². The van der Waals surface area contributed by atoms with Gasteiger partial charge in [0.2, 0.25) is 5.91 Å². The zero-order valence-corrected chi connectivity index (χ0v) is 16.2. The van der Waals surface area contributed by atoms with Gasteiger partial charge in [-0.25, -0.2) is 4.39 Å². The predicted octanol–water partition coefficient (Wildman–Crippen LogP) is 4.67. The van der Waals surface area contributed by atoms with Crippen LogP contribution in [0, 0.1) is 5.82 Å². The van der Waals surface area contributed by atoms with Crippen LogP contribution in [0.3, 0.4) is 0 Å². The summed E-state index contributed by atoms with van der Waals surface area (Å²) in [6.07, 6.45) is 3.11. The second kappa shape index (κ2) is 9.87. The fourth-order valence-electron chi connectivity index (χ4n) is 3.46. The van der Waals surface area contributed by atoms with Crippen molar-refractivity contribution in [2.24, 2.45) is 0 Å². The maximum absolute atomic E-state index is 13.8. The first-order valence-electron chi connectivity index (χ1n) is 9.88. The smallest absolute Gasteiger partial charge is 0.303 e. The maximum atomic E-state index is 13.8. The number of aliphatic carboxylic acids is 1. The van der Waals surface area contributed by atoms with Gasteiger partial charge in [0, 0.05) is 36.0 Å². The zero-order chi connectivity index (χ0) is 20.6. The lowest BCUT2D eigenvalue weighted by molar-refractivity contribution is -0.137. The highest BCUT2D eigenvalue weighted by Crippen LogP contribution is 2.31. The van der Waals surface area contributed by atoms with E-state index in [0.717, 1.165) is 40.6 Å². The second-order valence-corrected chi connectivity index (χ2v) is 7.09. The highest BCUT2D eigenvalue weighted by molar-refractivity contribution is 5.91. The third-order valence-electron chi connectivity index (χ3n) is 4.92. The fourth-order valence-corrected chi connectivity index (χ4v) is 3.46. The highest BCUT2D eigenvalue weighted by atomic mass is 19.1. The molecule has 0 aliphatic carbocycles. The lowest BCUT2D eigenvalue weighted by atomic mass is 10.0. The van der Waals surface area contributed by atoms with E-state index in [0.29, 0.717) is 25.8 Å². The molecule has 0 saturated carbocycles. The molecule has 2 aromatic carbocycles. The molecule has 0 saturated heterocycles. The number of carboxylic acids is 1. The molecule has 6 heteroatoms. The lowest BCUT2D eigenvalue weighted by Crippen LogP contribution is -2.24. The van der Waals surface area contributed by atoms with Crippen LogP contribution in [0.1, 0.15) is 37.7 Å². The number of halogens is 1. The Morgan fingerprint density at radius 3 is 2.55 bits per heavy atom. The van der Waals surface area contributed by atoms with Gasteiger partial charge in [-0.05, 0) is 48.6 Å². The molecule has 0 atom stereocenters. The Balaban J connectivity index is 1.64. The molecule has 152 valence electrons. The summed E-state index contributed by atoms with van der Waals surface area (Å²) in [6.45, 7) is 0.534. The van der Waals surface area contributed by atoms with Crippen LogP contribution in [0.25, 0.3) is 22.2 Å². The number of unbranched alkanes of at least 4 members (excludes halogenated alkanes) is 2. The van der Waals surface area contributed by atoms with Crippen LogP contribution in [0.15, 0.2) is 48.5 Å². The van der Waals surface area contributed by atoms with Crippen molar-refractivity contribution in [2.75, 3.05) is 6.54 Å². The van der Waals surface area contributed by atoms with Crippen molar-refractivity contribution >= 4 is 22.8 Å². The largest absolute Gasteiger partial charge is 0.481 e. The average Bonchev–Trinajstić information content (AvgIpc) is 3.07. The van der Waals surface area contributed by atoms with Gasteiger partial charge in [0.1, 0.15) is 5.82 Å². The van der Waals surface area contributed by atoms with Gasteiger partial charge in [-0.1, -0.05) is 36.8 Å². The van der Waals surface area contributed by atoms with Crippen molar-refractivity contribution in [3.05, 3.63) is 59.9 Å². The summed E-state index contributed by atoms with van der Waals surface area (Å²) in [4.78, 5) is 26.1. The molecular weight excluding hydrogens is 371 g/mol. The van der Waals surface area contributed by atoms with Crippen molar-refractivity contribution in [3.63, 3.8) is 0 Å². The first-order valence-corrected chi connectivity index (χ1v) is 9.88. The summed E-state index contributed by atoms with van der Waals surface area (Å²) in [5.74, 6) is -1.16. The Morgan fingerprint density at radius 1 is 1.00 bits per heavy atom. The number of aromatic nitrogens is 1. The molecule has 3 N–H and O–H groups in total. The number of rotatable bonds is 10. The number of aryl methyl sites for hydroxylation is 1. The Hall–Kier alpha value is -3.15. The molecule has 0 spiro atoms. The zero-order valence-electron chi connectivity index (χ0n) is 16.2. The highest BCUT2D eigenvalue weighted by Gasteiger charge is 2.15. The predicted molar refractivity (Wildman–Crippen MR) is 111 cm³/mol. The summed E-state index contributed by atoms with van der Waals surface area (Å²) >= 11 is 0. The van der Waals surface area contributed by atoms with E-state index in [1.165, 1.54) is 12.1 Å². The maximum Gasteiger partial charge on any atom is 0.303 e. The van der Waals surface area contributed by atoms with E-state index < -0.39 is 5.97 Å². The topological polar surface area (TPSA) is 82.2 Å². The van der Waals surface area contributed by atoms with E-state index in [1.807, 2.05) is 30.3 Å². The van der Waals surface area contributed by atoms with Crippen LogP contribution < -0.4 is 5.32 Å². The standard InChI is InChI=1S/C23H25FN2O3/c24-17-10-12-20-19(15-17)18(23(26-20)16-7-3-1-4-8-16)11-13-21(27)25-14-6-2-5-9-22(28)29/h1,3-4,7-8,10,12,15,26H,2,5-6,9,11,13-14H2,(H,25,27)(H,28,29). The first-order chi connectivity index (χ1) is 14.0. The average molecular weight is 396 g/mol. The normalized spacial score (nSPS) is 10.9. The van der Waals surface area contributed by atoms with Crippen LogP contribution in [-0.4, -0.2) is 28.5 Å². The number of benzene rings is 2. The van der Waals surface area contributed by atoms with Crippen LogP contribution in [-0.2, 0) is 16.0 Å². The summed E-state index contributed by atoms with van der Waals surface area (Å²) in [5.41, 5.74) is 3.69. The van der Waals surface area contributed by atoms with Crippen molar-refractivity contribution < 1.29 is 19.1 Å². The van der Waals surface area contributed by atoms with Crippen LogP contribution in [0.4, 0.5) is 4.39 Å². The third-order valence-corrected chi connectivity index (χ3v) is 4.92. The molecule has 0 radical (unpaired) electrons. The minimum atomic E-state index is -0.793. The van der Waals surface area contributed by atoms with Gasteiger partial charge < -0.3 is 15.4 Å². The summed E-state index contributed by atoms with van der Waals surface area (Å²) in [6, 6.07) is 14.5. The quantitative estimate of drug-likeness (QED) is 0.436. The number of aromatic amines is 1. The second-order valence-electron chi connectivity index (χ2n) is 7.09. The minimum absolute atomic E-state index is 0.0620. The molecule has 1 aromatic heterocycles. The lowest BCUT2D eigenvalue weighted by Gasteiger charge is -2.07. The van der Waals surface area contributed by atoms with Gasteiger partial charge in [0.15, 0.2) is 0 Å². The van der Waals surface area contributed by atoms with E-state index in [1.54, 1.807) is 6.07 Å². The number of hydrogen-bond donors (Lipinski definition) is 3. The number of amides is 1. The number of H-pyrrole nitrogens is 1. The number of nitrogens with one attached hydrogen (secondary N) is 2. The van der Waals surface area contributed by atoms with Crippen molar-refractivity contribution in [1.29, 1.82) is 0 Å². The van der Waals surface area contributed by atoms with E-state index in [2.05, 4.69) is 10.3 Å². The number of carboxylic acid groups (broad SMARTS) is 1. The molecule has 1 heterocycles. The first kappa shape index (κ1) is 20.6. The molecule has 0 aliphatic heterocycles. The third kappa shape index (κ3) is 5.67. The van der Waals surface area contributed by atoms with E-state index in [9.17, 15) is 14.0 Å². The number of carbonyl (C=O) groups excluding carboxylic acids is 1. The van der Waals surface area contributed by atoms with Crippen LogP contribution in [0.5, 0.6) is 0 Å².